The van der Waals surface area contributed by atoms with Gasteiger partial charge in [0.15, 0.2) is 21.6 Å². The Morgan fingerprint density at radius 2 is 1.86 bits per heavy atom. The fourth-order valence-corrected chi connectivity index (χ4v) is 7.46. The average molecular weight is 481 g/mol. The lowest BCUT2D eigenvalue weighted by atomic mass is 10.2. The molecule has 146 valence electrons. The van der Waals surface area contributed by atoms with E-state index in [4.69, 9.17) is 4.74 Å². The summed E-state index contributed by atoms with van der Waals surface area (Å²) in [4.78, 5) is 18.5. The molecule has 2 atom stereocenters. The van der Waals surface area contributed by atoms with E-state index >= 15 is 0 Å². The van der Waals surface area contributed by atoms with Crippen LogP contribution in [0.5, 0.6) is 5.75 Å². The number of nitrogens with zero attached hydrogens (tertiary/aromatic N) is 2. The molecule has 2 aromatic rings. The topological polar surface area (TPSA) is 76.0 Å². The molecule has 0 saturated carbocycles. The Kier molecular flexibility index (Phi) is 5.48. The van der Waals surface area contributed by atoms with E-state index in [1.807, 2.05) is 47.4 Å². The minimum atomic E-state index is -3.09. The number of carbonyl (C=O) groups excluding carboxylic acids is 1. The van der Waals surface area contributed by atoms with Gasteiger partial charge in [0.05, 0.1) is 17.5 Å². The zero-order valence-corrected chi connectivity index (χ0v) is 17.9. The molecule has 0 spiro atoms. The average Bonchev–Trinajstić information content (AvgIpc) is 3.12. The highest BCUT2D eigenvalue weighted by molar-refractivity contribution is 9.10. The summed E-state index contributed by atoms with van der Waals surface area (Å²) in [5.74, 6) is 0.358. The fraction of sp³-hybridized carbons (Fsp3) is 0.263. The summed E-state index contributed by atoms with van der Waals surface area (Å²) in [7, 11) is -3.09. The van der Waals surface area contributed by atoms with Crippen molar-refractivity contribution in [2.45, 2.75) is 11.3 Å². The number of thioether (sulfide) groups is 1. The monoisotopic (exact) mass is 480 g/mol. The molecule has 4 rings (SSSR count). The number of carbonyl (C=O) groups is 1. The fourth-order valence-electron chi connectivity index (χ4n) is 3.27. The van der Waals surface area contributed by atoms with Crippen LogP contribution in [-0.4, -0.2) is 48.9 Å². The van der Waals surface area contributed by atoms with Gasteiger partial charge in [-0.25, -0.2) is 8.42 Å². The van der Waals surface area contributed by atoms with Gasteiger partial charge in [0.2, 0.25) is 0 Å². The summed E-state index contributed by atoms with van der Waals surface area (Å²) in [6.07, 6.45) is 0. The third-order valence-corrected chi connectivity index (χ3v) is 8.24. The van der Waals surface area contributed by atoms with Crippen LogP contribution in [0.1, 0.15) is 0 Å². The predicted octanol–water partition coefficient (Wildman–Crippen LogP) is 3.13. The molecule has 0 aliphatic carbocycles. The van der Waals surface area contributed by atoms with Gasteiger partial charge < -0.3 is 9.64 Å². The van der Waals surface area contributed by atoms with Crippen molar-refractivity contribution in [3.63, 3.8) is 0 Å². The molecule has 2 fully saturated rings. The highest BCUT2D eigenvalue weighted by atomic mass is 79.9. The summed E-state index contributed by atoms with van der Waals surface area (Å²) in [5.41, 5.74) is 0.816. The van der Waals surface area contributed by atoms with Crippen molar-refractivity contribution in [1.82, 2.24) is 0 Å². The normalized spacial score (nSPS) is 24.3. The number of sulfone groups is 1. The molecule has 2 aliphatic rings. The Balaban J connectivity index is 1.56. The van der Waals surface area contributed by atoms with Gasteiger partial charge in [-0.3, -0.25) is 4.79 Å². The van der Waals surface area contributed by atoms with Gasteiger partial charge in [0.1, 0.15) is 5.75 Å². The molecular weight excluding hydrogens is 464 g/mol. The third-order valence-electron chi connectivity index (χ3n) is 4.50. The quantitative estimate of drug-likeness (QED) is 0.668. The molecule has 0 radical (unpaired) electrons. The van der Waals surface area contributed by atoms with Crippen molar-refractivity contribution in [2.75, 3.05) is 23.0 Å². The largest absolute Gasteiger partial charge is 0.484 e. The van der Waals surface area contributed by atoms with Crippen molar-refractivity contribution < 1.29 is 17.9 Å². The number of amides is 1. The second-order valence-electron chi connectivity index (χ2n) is 6.54. The van der Waals surface area contributed by atoms with Gasteiger partial charge in [0.25, 0.3) is 5.91 Å². The number of halogens is 1. The Morgan fingerprint density at radius 1 is 1.14 bits per heavy atom. The van der Waals surface area contributed by atoms with Crippen LogP contribution in [0.15, 0.2) is 64.1 Å². The van der Waals surface area contributed by atoms with E-state index in [2.05, 4.69) is 20.9 Å². The molecule has 6 nitrogen and oxygen atoms in total. The minimum absolute atomic E-state index is 0.0639. The number of para-hydroxylation sites is 1. The standard InChI is InChI=1S/C19H17BrN2O4S2/c20-13-6-8-14(9-7-13)22-16-11-28(24,25)12-17(16)27-19(22)21-18(23)10-26-15-4-2-1-3-5-15/h1-9,16-17H,10-12H2. The molecule has 9 heteroatoms. The van der Waals surface area contributed by atoms with Crippen LogP contribution in [0.4, 0.5) is 5.69 Å². The number of amidine groups is 1. The third kappa shape index (κ3) is 4.26. The first-order valence-electron chi connectivity index (χ1n) is 8.62. The lowest BCUT2D eigenvalue weighted by Crippen LogP contribution is -2.37. The molecule has 2 aliphatic heterocycles. The minimum Gasteiger partial charge on any atom is -0.484 e. The molecule has 0 N–H and O–H groups in total. The van der Waals surface area contributed by atoms with Gasteiger partial charge in [0, 0.05) is 15.4 Å². The van der Waals surface area contributed by atoms with Crippen LogP contribution >= 0.6 is 27.7 Å². The van der Waals surface area contributed by atoms with Gasteiger partial charge >= 0.3 is 0 Å². The highest BCUT2D eigenvalue weighted by Gasteiger charge is 2.49. The molecule has 1 amide bonds. The summed E-state index contributed by atoms with van der Waals surface area (Å²) in [6, 6.07) is 16.4. The molecule has 28 heavy (non-hydrogen) atoms. The van der Waals surface area contributed by atoms with E-state index in [1.54, 1.807) is 12.1 Å². The summed E-state index contributed by atoms with van der Waals surface area (Å²) >= 11 is 4.76. The maximum Gasteiger partial charge on any atom is 0.285 e. The van der Waals surface area contributed by atoms with E-state index in [1.165, 1.54) is 11.8 Å². The molecule has 2 unspecified atom stereocenters. The molecule has 2 aromatic carbocycles. The maximum absolute atomic E-state index is 12.4. The van der Waals surface area contributed by atoms with Crippen LogP contribution in [0.3, 0.4) is 0 Å². The Hall–Kier alpha value is -1.84. The maximum atomic E-state index is 12.4. The molecule has 0 bridgehead atoms. The molecular formula is C19H17BrN2O4S2. The van der Waals surface area contributed by atoms with Gasteiger partial charge in [-0.15, -0.1) is 0 Å². The smallest absolute Gasteiger partial charge is 0.285 e. The van der Waals surface area contributed by atoms with Crippen molar-refractivity contribution in [2.24, 2.45) is 4.99 Å². The van der Waals surface area contributed by atoms with E-state index in [0.717, 1.165) is 10.2 Å². The zero-order valence-electron chi connectivity index (χ0n) is 14.7. The number of benzene rings is 2. The van der Waals surface area contributed by atoms with Gasteiger partial charge in [-0.2, -0.15) is 4.99 Å². The first-order valence-corrected chi connectivity index (χ1v) is 12.1. The molecule has 2 heterocycles. The highest BCUT2D eigenvalue weighted by Crippen LogP contribution is 2.41. The van der Waals surface area contributed by atoms with Crippen molar-refractivity contribution in [3.8, 4) is 5.75 Å². The summed E-state index contributed by atoms with van der Waals surface area (Å²) in [5, 5.41) is 0.393. The first-order chi connectivity index (χ1) is 13.4. The number of rotatable bonds is 4. The number of aliphatic imine (C=N–C) groups is 1. The number of fused-ring (bicyclic) bond motifs is 1. The van der Waals surface area contributed by atoms with E-state index in [0.29, 0.717) is 10.9 Å². The first kappa shape index (κ1) is 19.5. The number of hydrogen-bond acceptors (Lipinski definition) is 5. The van der Waals surface area contributed by atoms with Crippen LogP contribution in [0.2, 0.25) is 0 Å². The second kappa shape index (κ2) is 7.88. The van der Waals surface area contributed by atoms with E-state index < -0.39 is 15.7 Å². The lowest BCUT2D eigenvalue weighted by Gasteiger charge is -2.24. The second-order valence-corrected chi connectivity index (χ2v) is 10.8. The Bertz CT molecular complexity index is 1010. The van der Waals surface area contributed by atoms with Crippen LogP contribution in [-0.2, 0) is 14.6 Å². The number of hydrogen-bond donors (Lipinski definition) is 0. The van der Waals surface area contributed by atoms with Crippen molar-refractivity contribution in [3.05, 3.63) is 59.1 Å². The Labute approximate surface area is 176 Å². The van der Waals surface area contributed by atoms with E-state index in [9.17, 15) is 13.2 Å². The Morgan fingerprint density at radius 3 is 2.57 bits per heavy atom. The van der Waals surface area contributed by atoms with E-state index in [-0.39, 0.29) is 29.4 Å². The van der Waals surface area contributed by atoms with Gasteiger partial charge in [-0.05, 0) is 36.4 Å². The van der Waals surface area contributed by atoms with Crippen molar-refractivity contribution >= 4 is 54.3 Å². The number of ether oxygens (including phenoxy) is 1. The van der Waals surface area contributed by atoms with Crippen LogP contribution in [0.25, 0.3) is 0 Å². The van der Waals surface area contributed by atoms with Crippen LogP contribution < -0.4 is 9.64 Å². The lowest BCUT2D eigenvalue weighted by molar-refractivity contribution is -0.119. The van der Waals surface area contributed by atoms with Gasteiger partial charge in [-0.1, -0.05) is 45.9 Å². The molecule has 2 saturated heterocycles. The van der Waals surface area contributed by atoms with Crippen LogP contribution in [0, 0.1) is 0 Å². The predicted molar refractivity (Wildman–Crippen MR) is 115 cm³/mol. The zero-order chi connectivity index (χ0) is 19.7. The summed E-state index contributed by atoms with van der Waals surface area (Å²) in [6.45, 7) is -0.171. The SMILES string of the molecule is O=C(COc1ccccc1)N=C1SC2CS(=O)(=O)CC2N1c1ccc(Br)cc1. The summed E-state index contributed by atoms with van der Waals surface area (Å²) < 4.78 is 30.6. The molecule has 0 aromatic heterocycles. The number of anilines is 1. The van der Waals surface area contributed by atoms with Crippen molar-refractivity contribution in [1.29, 1.82) is 0 Å².